The molecule has 2 atom stereocenters. The largest absolute Gasteiger partial charge is 0.462 e. The van der Waals surface area contributed by atoms with E-state index in [9.17, 15) is 19.2 Å². The van der Waals surface area contributed by atoms with E-state index in [4.69, 9.17) is 18.9 Å². The summed E-state index contributed by atoms with van der Waals surface area (Å²) in [7, 11) is 0. The Morgan fingerprint density at radius 3 is 1.20 bits per heavy atom. The highest BCUT2D eigenvalue weighted by atomic mass is 16.6. The van der Waals surface area contributed by atoms with Crippen LogP contribution in [0.3, 0.4) is 0 Å². The second-order valence-corrected chi connectivity index (χ2v) is 14.2. The monoisotopic (exact) mass is 694 g/mol. The molecule has 0 radical (unpaired) electrons. The molecule has 0 heterocycles. The van der Waals surface area contributed by atoms with E-state index in [1.807, 2.05) is 13.8 Å². The highest BCUT2D eigenvalue weighted by molar-refractivity contribution is 6.31. The van der Waals surface area contributed by atoms with Gasteiger partial charge in [-0.15, -0.1) is 0 Å². The lowest BCUT2D eigenvalue weighted by molar-refractivity contribution is -0.156. The lowest BCUT2D eigenvalue weighted by Crippen LogP contribution is -2.28. The third kappa shape index (κ3) is 12.9. The number of carbonyl (C=O) groups excluding carboxylic acids is 4. The molecular formula is C42H62O8. The van der Waals surface area contributed by atoms with Gasteiger partial charge in [-0.3, -0.25) is 0 Å². The number of ether oxygens (including phenoxy) is 4. The van der Waals surface area contributed by atoms with E-state index < -0.39 is 23.9 Å². The van der Waals surface area contributed by atoms with Gasteiger partial charge < -0.3 is 18.9 Å². The van der Waals surface area contributed by atoms with Crippen LogP contribution in [0.4, 0.5) is 0 Å². The fraction of sp³-hybridized carbons (Fsp3) is 0.619. The number of aryl methyl sites for hydroxylation is 4. The van der Waals surface area contributed by atoms with Crippen LogP contribution in [0.1, 0.15) is 159 Å². The van der Waals surface area contributed by atoms with Gasteiger partial charge in [-0.05, 0) is 112 Å². The summed E-state index contributed by atoms with van der Waals surface area (Å²) >= 11 is 0. The molecule has 0 aliphatic heterocycles. The first kappa shape index (κ1) is 42.5. The standard InChI is InChI=1S/C42H62O8/c1-11-13-15-19-27(3)21-17-23-47-39(43)35-33(9)29(5)25-31(7)37(35)49-41(45)42(46)50-38-32(8)26-30(6)34(10)36(38)40(44)48-24-18-22-28(4)20-16-14-12-2/h25-28H,11-24H2,1-10H3. The minimum atomic E-state index is -1.32. The maximum atomic E-state index is 13.3. The molecule has 8 heteroatoms. The van der Waals surface area contributed by atoms with Gasteiger partial charge in [-0.25, -0.2) is 19.2 Å². The summed E-state index contributed by atoms with van der Waals surface area (Å²) in [5.74, 6) is -2.88. The van der Waals surface area contributed by atoms with E-state index in [2.05, 4.69) is 27.7 Å². The predicted octanol–water partition coefficient (Wildman–Crippen LogP) is 10.4. The normalized spacial score (nSPS) is 12.3. The molecule has 2 unspecified atom stereocenters. The molecule has 2 rings (SSSR count). The molecule has 0 amide bonds. The van der Waals surface area contributed by atoms with E-state index in [1.54, 1.807) is 39.8 Å². The maximum absolute atomic E-state index is 13.3. The second kappa shape index (κ2) is 21.5. The molecule has 2 aromatic rings. The maximum Gasteiger partial charge on any atom is 0.423 e. The third-order valence-corrected chi connectivity index (χ3v) is 9.68. The van der Waals surface area contributed by atoms with Gasteiger partial charge in [0.2, 0.25) is 0 Å². The molecule has 278 valence electrons. The number of hydrogen-bond donors (Lipinski definition) is 0. The van der Waals surface area contributed by atoms with Crippen molar-refractivity contribution in [2.24, 2.45) is 11.8 Å². The summed E-state index contributed by atoms with van der Waals surface area (Å²) in [6, 6.07) is 3.57. The lowest BCUT2D eigenvalue weighted by Gasteiger charge is -2.18. The molecule has 0 saturated heterocycles. The van der Waals surface area contributed by atoms with Crippen LogP contribution in [0.5, 0.6) is 11.5 Å². The Morgan fingerprint density at radius 1 is 0.520 bits per heavy atom. The zero-order valence-corrected chi connectivity index (χ0v) is 32.5. The fourth-order valence-corrected chi connectivity index (χ4v) is 6.26. The van der Waals surface area contributed by atoms with Crippen LogP contribution in [0, 0.1) is 53.4 Å². The first-order chi connectivity index (χ1) is 23.7. The van der Waals surface area contributed by atoms with E-state index in [-0.39, 0.29) is 35.8 Å². The zero-order valence-electron chi connectivity index (χ0n) is 32.5. The van der Waals surface area contributed by atoms with Crippen molar-refractivity contribution < 1.29 is 38.1 Å². The number of rotatable bonds is 20. The first-order valence-corrected chi connectivity index (χ1v) is 18.7. The number of carbonyl (C=O) groups is 4. The van der Waals surface area contributed by atoms with E-state index in [0.717, 1.165) is 49.7 Å². The Bertz CT molecular complexity index is 1350. The molecule has 0 spiro atoms. The van der Waals surface area contributed by atoms with Crippen molar-refractivity contribution in [2.75, 3.05) is 13.2 Å². The number of hydrogen-bond acceptors (Lipinski definition) is 8. The molecule has 2 aromatic carbocycles. The van der Waals surface area contributed by atoms with Crippen LogP contribution in [-0.2, 0) is 19.1 Å². The van der Waals surface area contributed by atoms with E-state index in [0.29, 0.717) is 34.1 Å². The molecule has 50 heavy (non-hydrogen) atoms. The van der Waals surface area contributed by atoms with Gasteiger partial charge >= 0.3 is 23.9 Å². The van der Waals surface area contributed by atoms with Crippen molar-refractivity contribution in [1.82, 2.24) is 0 Å². The summed E-state index contributed by atoms with van der Waals surface area (Å²) in [4.78, 5) is 53.2. The Balaban J connectivity index is 2.17. The Morgan fingerprint density at radius 2 is 0.860 bits per heavy atom. The summed E-state index contributed by atoms with van der Waals surface area (Å²) < 4.78 is 22.4. The van der Waals surface area contributed by atoms with Crippen LogP contribution in [-0.4, -0.2) is 37.1 Å². The minimum absolute atomic E-state index is 0.0478. The molecule has 0 fully saturated rings. The molecule has 0 aliphatic carbocycles. The number of benzene rings is 2. The van der Waals surface area contributed by atoms with Crippen molar-refractivity contribution in [1.29, 1.82) is 0 Å². The van der Waals surface area contributed by atoms with Crippen LogP contribution >= 0.6 is 0 Å². The van der Waals surface area contributed by atoms with Gasteiger partial charge in [0.1, 0.15) is 22.6 Å². The summed E-state index contributed by atoms with van der Waals surface area (Å²) in [6.45, 7) is 19.9. The second-order valence-electron chi connectivity index (χ2n) is 14.2. The van der Waals surface area contributed by atoms with Gasteiger partial charge in [-0.2, -0.15) is 0 Å². The van der Waals surface area contributed by atoms with Gasteiger partial charge in [0.15, 0.2) is 0 Å². The van der Waals surface area contributed by atoms with Gasteiger partial charge in [0, 0.05) is 0 Å². The van der Waals surface area contributed by atoms with Crippen LogP contribution in [0.2, 0.25) is 0 Å². The van der Waals surface area contributed by atoms with E-state index >= 15 is 0 Å². The first-order valence-electron chi connectivity index (χ1n) is 18.7. The van der Waals surface area contributed by atoms with Crippen molar-refractivity contribution in [3.63, 3.8) is 0 Å². The van der Waals surface area contributed by atoms with Gasteiger partial charge in [0.25, 0.3) is 0 Å². The van der Waals surface area contributed by atoms with Gasteiger partial charge in [0.05, 0.1) is 13.2 Å². The Hall–Kier alpha value is -3.68. The lowest BCUT2D eigenvalue weighted by atomic mass is 9.98. The average molecular weight is 695 g/mol. The quantitative estimate of drug-likeness (QED) is 0.0584. The molecule has 8 nitrogen and oxygen atoms in total. The molecule has 0 aliphatic rings. The number of unbranched alkanes of at least 4 members (excludes halogenated alkanes) is 4. The number of esters is 4. The van der Waals surface area contributed by atoms with Crippen LogP contribution in [0.15, 0.2) is 12.1 Å². The smallest absolute Gasteiger partial charge is 0.423 e. The molecule has 0 aromatic heterocycles. The summed E-state index contributed by atoms with van der Waals surface area (Å²) in [6.07, 6.45) is 12.8. The molecule has 0 saturated carbocycles. The zero-order chi connectivity index (χ0) is 37.4. The Labute approximate surface area is 301 Å². The highest BCUT2D eigenvalue weighted by Gasteiger charge is 2.30. The summed E-state index contributed by atoms with van der Waals surface area (Å²) in [5.41, 5.74) is 4.03. The fourth-order valence-electron chi connectivity index (χ4n) is 6.26. The average Bonchev–Trinajstić information content (AvgIpc) is 3.06. The highest BCUT2D eigenvalue weighted by Crippen LogP contribution is 2.33. The molecule has 0 bridgehead atoms. The predicted molar refractivity (Wildman–Crippen MR) is 198 cm³/mol. The van der Waals surface area contributed by atoms with Crippen molar-refractivity contribution >= 4 is 23.9 Å². The van der Waals surface area contributed by atoms with Crippen LogP contribution in [0.25, 0.3) is 0 Å². The topological polar surface area (TPSA) is 105 Å². The minimum Gasteiger partial charge on any atom is -0.462 e. The molecular weight excluding hydrogens is 632 g/mol. The Kier molecular flexibility index (Phi) is 18.3. The van der Waals surface area contributed by atoms with Gasteiger partial charge in [-0.1, -0.05) is 91.2 Å². The van der Waals surface area contributed by atoms with Crippen LogP contribution < -0.4 is 9.47 Å². The summed E-state index contributed by atoms with van der Waals surface area (Å²) in [5, 5.41) is 0. The van der Waals surface area contributed by atoms with Crippen molar-refractivity contribution in [2.45, 2.75) is 146 Å². The SMILES string of the molecule is CCCCCC(C)CCCOC(=O)c1c(C)c(C)cc(C)c1OC(=O)C(=O)Oc1c(C)cc(C)c(C)c1C(=O)OCCCC(C)CCCCC. The molecule has 0 N–H and O–H groups in total. The third-order valence-electron chi connectivity index (χ3n) is 9.68. The van der Waals surface area contributed by atoms with E-state index in [1.165, 1.54) is 38.5 Å². The van der Waals surface area contributed by atoms with Crippen molar-refractivity contribution in [3.8, 4) is 11.5 Å². The van der Waals surface area contributed by atoms with Crippen molar-refractivity contribution in [3.05, 3.63) is 56.6 Å².